The number of likely N-dealkylation sites (N-methyl/N-ethyl adjacent to an activating group) is 1. The highest BCUT2D eigenvalue weighted by molar-refractivity contribution is 6.31. The third kappa shape index (κ3) is 11.8. The van der Waals surface area contributed by atoms with E-state index < -0.39 is 60.1 Å². The number of rotatable bonds is 13. The summed E-state index contributed by atoms with van der Waals surface area (Å²) >= 11 is 12.0. The second-order valence-electron chi connectivity index (χ2n) is 14.7. The summed E-state index contributed by atoms with van der Waals surface area (Å²) in [6, 6.07) is 30.5. The lowest BCUT2D eigenvalue weighted by Gasteiger charge is -2.27. The molecule has 1 fully saturated rings. The number of β-amino-alcohol motifs (C(OH)–C–C–N with tert-alkyl or cyclic N) is 2. The maximum atomic E-state index is 13.0. The van der Waals surface area contributed by atoms with Gasteiger partial charge >= 0.3 is 0 Å². The molecule has 3 heterocycles. The van der Waals surface area contributed by atoms with Crippen LogP contribution in [0, 0.1) is 0 Å². The van der Waals surface area contributed by atoms with Gasteiger partial charge in [0.1, 0.15) is 11.4 Å². The Labute approximate surface area is 368 Å². The number of fused-ring (bicyclic) bond motifs is 2. The van der Waals surface area contributed by atoms with E-state index in [0.717, 1.165) is 38.0 Å². The second-order valence-corrected chi connectivity index (χ2v) is 15.5. The number of aliphatic hydroxyl groups is 4. The molecular formula is C45H50Cl2N6O9. The number of nitrogens with zero attached hydrogens (tertiary/aromatic N) is 2. The van der Waals surface area contributed by atoms with Crippen molar-refractivity contribution < 1.29 is 44.4 Å². The van der Waals surface area contributed by atoms with Crippen molar-refractivity contribution in [3.05, 3.63) is 142 Å². The number of hydrogen-bond acceptors (Lipinski definition) is 9. The number of hydrogen-bond donors (Lipinski definition) is 8. The van der Waals surface area contributed by atoms with Gasteiger partial charge in [-0.3, -0.25) is 24.0 Å². The van der Waals surface area contributed by atoms with Crippen LogP contribution in [0.15, 0.2) is 109 Å². The molecule has 0 radical (unpaired) electrons. The average Bonchev–Trinajstić information content (AvgIpc) is 3.98. The molecule has 2 aromatic heterocycles. The van der Waals surface area contributed by atoms with Crippen molar-refractivity contribution in [2.75, 3.05) is 27.2 Å². The molecule has 4 aromatic carbocycles. The van der Waals surface area contributed by atoms with Gasteiger partial charge in [-0.1, -0.05) is 91.3 Å². The first-order valence-electron chi connectivity index (χ1n) is 19.3. The number of halogens is 2. The largest absolute Gasteiger partial charge is 0.388 e. The van der Waals surface area contributed by atoms with Crippen molar-refractivity contribution in [3.63, 3.8) is 0 Å². The molecule has 1 aliphatic rings. The van der Waals surface area contributed by atoms with E-state index in [2.05, 4.69) is 20.6 Å². The van der Waals surface area contributed by atoms with Crippen LogP contribution >= 0.6 is 23.2 Å². The Kier molecular flexibility index (Phi) is 16.3. The Balaban J connectivity index is 0.000000232. The van der Waals surface area contributed by atoms with E-state index >= 15 is 0 Å². The molecule has 328 valence electrons. The molecule has 15 nitrogen and oxygen atoms in total. The molecule has 4 amide bonds. The van der Waals surface area contributed by atoms with Gasteiger partial charge in [-0.2, -0.15) is 0 Å². The van der Waals surface area contributed by atoms with Gasteiger partial charge in [0.05, 0.1) is 31.4 Å². The minimum Gasteiger partial charge on any atom is -0.388 e. The van der Waals surface area contributed by atoms with Crippen molar-refractivity contribution in [1.82, 2.24) is 30.6 Å². The third-order valence-corrected chi connectivity index (χ3v) is 10.8. The number of benzene rings is 4. The molecular weight excluding hydrogens is 839 g/mol. The first kappa shape index (κ1) is 47.3. The number of amides is 4. The summed E-state index contributed by atoms with van der Waals surface area (Å²) < 4.78 is 0. The Bertz CT molecular complexity index is 2460. The zero-order valence-corrected chi connectivity index (χ0v) is 34.7. The molecule has 0 spiro atoms. The number of aromatic amines is 2. The molecule has 8 N–H and O–H groups in total. The highest BCUT2D eigenvalue weighted by Crippen LogP contribution is 2.22. The summed E-state index contributed by atoms with van der Waals surface area (Å²) in [6.45, 7) is -0.155. The predicted molar refractivity (Wildman–Crippen MR) is 237 cm³/mol. The van der Waals surface area contributed by atoms with Crippen molar-refractivity contribution in [1.29, 1.82) is 0 Å². The monoisotopic (exact) mass is 888 g/mol. The number of hydroxylamine groups is 2. The average molecular weight is 890 g/mol. The van der Waals surface area contributed by atoms with E-state index in [9.17, 15) is 39.6 Å². The minimum absolute atomic E-state index is 0. The van der Waals surface area contributed by atoms with Gasteiger partial charge in [0.2, 0.25) is 0 Å². The SMILES string of the molecule is C.CON(C)C(=O)C(O)[C@H](Cc1ccccc1)NC(=O)c1cc2cc(Cl)ccc2[nH]1.O=C(N[C@@H](Cc1ccccc1)[C@@H](O)C(=O)N1C[C@@H](O)[C@@H](O)C1)c1cc2cc(Cl)ccc2[nH]1. The number of aromatic nitrogens is 2. The van der Waals surface area contributed by atoms with Crippen LogP contribution in [-0.4, -0.2) is 128 Å². The van der Waals surface area contributed by atoms with Gasteiger partial charge < -0.3 is 45.9 Å². The van der Waals surface area contributed by atoms with Crippen LogP contribution in [0.2, 0.25) is 10.0 Å². The molecule has 0 bridgehead atoms. The molecule has 0 saturated carbocycles. The highest BCUT2D eigenvalue weighted by atomic mass is 35.5. The first-order chi connectivity index (χ1) is 29.2. The number of carbonyl (C=O) groups excluding carboxylic acids is 4. The van der Waals surface area contributed by atoms with E-state index in [0.29, 0.717) is 15.7 Å². The Morgan fingerprint density at radius 2 is 1.13 bits per heavy atom. The number of carbonyl (C=O) groups is 4. The van der Waals surface area contributed by atoms with Crippen molar-refractivity contribution in [3.8, 4) is 0 Å². The van der Waals surface area contributed by atoms with Gasteiger partial charge in [0, 0.05) is 52.0 Å². The maximum Gasteiger partial charge on any atom is 0.276 e. The van der Waals surface area contributed by atoms with Crippen LogP contribution in [0.4, 0.5) is 0 Å². The molecule has 0 aliphatic carbocycles. The predicted octanol–water partition coefficient (Wildman–Crippen LogP) is 4.27. The van der Waals surface area contributed by atoms with Gasteiger partial charge in [-0.15, -0.1) is 0 Å². The van der Waals surface area contributed by atoms with Crippen LogP contribution < -0.4 is 10.6 Å². The molecule has 1 aliphatic heterocycles. The number of nitrogens with one attached hydrogen (secondary N) is 4. The fourth-order valence-corrected chi connectivity index (χ4v) is 7.28. The standard InChI is InChI=1S/C23H24ClN3O5.C21H22ClN3O4.CH4/c24-15-6-7-16-14(9-15)10-18(25-16)22(31)26-17(8-13-4-2-1-3-5-13)21(30)23(32)27-11-19(28)20(29)12-27;1-25(29-2)21(28)19(26)17(10-13-6-4-3-5-7-13)24-20(27)18-12-14-11-15(22)8-9-16(14)23-18;/h1-7,9-10,17,19-21,25,28-30H,8,11-12H2,(H,26,31);3-9,11-12,17,19,23,26H,10H2,1-2H3,(H,24,27);1H4/t17-,19-,20+,21+;17-,19?;/m00./s1. The molecule has 6 aromatic rings. The Morgan fingerprint density at radius 3 is 1.55 bits per heavy atom. The van der Waals surface area contributed by atoms with Gasteiger partial charge in [-0.05, 0) is 72.5 Å². The maximum absolute atomic E-state index is 13.0. The van der Waals surface area contributed by atoms with Gasteiger partial charge in [-0.25, -0.2) is 5.06 Å². The first-order valence-corrected chi connectivity index (χ1v) is 20.0. The summed E-state index contributed by atoms with van der Waals surface area (Å²) in [5.74, 6) is -2.24. The zero-order valence-electron chi connectivity index (χ0n) is 33.2. The fraction of sp³-hybridized carbons (Fsp3) is 0.289. The van der Waals surface area contributed by atoms with Crippen LogP contribution in [0.25, 0.3) is 21.8 Å². The minimum atomic E-state index is -1.56. The summed E-state index contributed by atoms with van der Waals surface area (Å²) in [5.41, 5.74) is 3.76. The third-order valence-electron chi connectivity index (χ3n) is 10.3. The topological polar surface area (TPSA) is 221 Å². The number of H-pyrrole nitrogens is 2. The fourth-order valence-electron chi connectivity index (χ4n) is 6.92. The van der Waals surface area contributed by atoms with Crippen LogP contribution in [0.5, 0.6) is 0 Å². The lowest BCUT2D eigenvalue weighted by molar-refractivity contribution is -0.179. The van der Waals surface area contributed by atoms with E-state index in [4.69, 9.17) is 28.0 Å². The summed E-state index contributed by atoms with van der Waals surface area (Å²) in [5, 5.41) is 50.0. The van der Waals surface area contributed by atoms with E-state index in [1.165, 1.54) is 19.1 Å². The molecule has 1 unspecified atom stereocenters. The van der Waals surface area contributed by atoms with E-state index in [1.54, 1.807) is 48.5 Å². The normalized spacial score (nSPS) is 16.6. The van der Waals surface area contributed by atoms with Crippen molar-refractivity contribution in [2.45, 2.75) is 56.8 Å². The molecule has 1 saturated heterocycles. The second kappa shape index (κ2) is 21.3. The van der Waals surface area contributed by atoms with Gasteiger partial charge in [0.25, 0.3) is 23.6 Å². The van der Waals surface area contributed by atoms with E-state index in [1.807, 2.05) is 60.7 Å². The van der Waals surface area contributed by atoms with Crippen molar-refractivity contribution >= 4 is 68.6 Å². The quantitative estimate of drug-likeness (QED) is 0.0776. The summed E-state index contributed by atoms with van der Waals surface area (Å²) in [7, 11) is 2.72. The molecule has 17 heteroatoms. The highest BCUT2D eigenvalue weighted by Gasteiger charge is 2.38. The lowest BCUT2D eigenvalue weighted by atomic mass is 10.00. The smallest absolute Gasteiger partial charge is 0.276 e. The van der Waals surface area contributed by atoms with Gasteiger partial charge in [0.15, 0.2) is 12.2 Å². The van der Waals surface area contributed by atoms with Crippen LogP contribution in [0.1, 0.15) is 39.5 Å². The number of aliphatic hydroxyl groups excluding tert-OH is 4. The molecule has 7 rings (SSSR count). The van der Waals surface area contributed by atoms with Crippen molar-refractivity contribution in [2.24, 2.45) is 0 Å². The molecule has 62 heavy (non-hydrogen) atoms. The lowest BCUT2D eigenvalue weighted by Crippen LogP contribution is -2.52. The van der Waals surface area contributed by atoms with Crippen LogP contribution in [0.3, 0.4) is 0 Å². The Morgan fingerprint density at radius 1 is 0.710 bits per heavy atom. The number of likely N-dealkylation sites (tertiary alicyclic amines) is 1. The van der Waals surface area contributed by atoms with Crippen LogP contribution in [-0.2, 0) is 27.3 Å². The Hall–Kier alpha value is -5.78. The summed E-state index contributed by atoms with van der Waals surface area (Å²) in [4.78, 5) is 63.1. The molecule has 6 atom stereocenters. The van der Waals surface area contributed by atoms with E-state index in [-0.39, 0.29) is 39.1 Å². The summed E-state index contributed by atoms with van der Waals surface area (Å²) in [6.07, 6.45) is -4.69. The zero-order chi connectivity index (χ0) is 43.8.